The summed E-state index contributed by atoms with van der Waals surface area (Å²) < 4.78 is 5.26. The summed E-state index contributed by atoms with van der Waals surface area (Å²) in [7, 11) is 0. The third-order valence-corrected chi connectivity index (χ3v) is 5.44. The summed E-state index contributed by atoms with van der Waals surface area (Å²) in [5.74, 6) is -0.380. The molecule has 2 atom stereocenters. The van der Waals surface area contributed by atoms with E-state index in [1.165, 1.54) is 18.7 Å². The topological polar surface area (TPSA) is 113 Å². The van der Waals surface area contributed by atoms with Crippen molar-refractivity contribution in [3.8, 4) is 0 Å². The Morgan fingerprint density at radius 1 is 1.32 bits per heavy atom. The fraction of sp³-hybridized carbons (Fsp3) is 0.789. The van der Waals surface area contributed by atoms with Gasteiger partial charge in [-0.3, -0.25) is 14.4 Å². The van der Waals surface area contributed by atoms with Gasteiger partial charge in [0.15, 0.2) is 0 Å². The number of imide groups is 1. The van der Waals surface area contributed by atoms with Gasteiger partial charge in [0, 0.05) is 12.5 Å². The van der Waals surface area contributed by atoms with Gasteiger partial charge in [0.25, 0.3) is 0 Å². The van der Waals surface area contributed by atoms with E-state index in [4.69, 9.17) is 4.74 Å². The number of nitrogens with one attached hydrogen (secondary N) is 1. The number of carbonyl (C=O) groups excluding carboxylic acids is 3. The summed E-state index contributed by atoms with van der Waals surface area (Å²) in [5.41, 5.74) is -1.89. The van der Waals surface area contributed by atoms with Crippen molar-refractivity contribution in [2.24, 2.45) is 0 Å². The van der Waals surface area contributed by atoms with Crippen LogP contribution in [0.4, 0.5) is 4.79 Å². The first-order valence-electron chi connectivity index (χ1n) is 9.57. The van der Waals surface area contributed by atoms with Crippen molar-refractivity contribution < 1.29 is 29.0 Å². The minimum Gasteiger partial charge on any atom is -0.465 e. The van der Waals surface area contributed by atoms with Gasteiger partial charge in [-0.15, -0.1) is 0 Å². The number of hydrogen-bond donors (Lipinski definition) is 2. The molecule has 0 aromatic heterocycles. The summed E-state index contributed by atoms with van der Waals surface area (Å²) in [4.78, 5) is 48.4. The standard InChI is InChI=1S/C19H32N2O6S/c1-6-7-13(9-11-28-12-15(23)27-18(2,3)4)20-16(24)19(5)10-8-14(22)21(19)17(25)26/h13H,6-12H2,1-5H3,(H,20,24)(H,25,26). The summed E-state index contributed by atoms with van der Waals surface area (Å²) in [6.45, 7) is 8.93. The highest BCUT2D eigenvalue weighted by molar-refractivity contribution is 7.99. The predicted molar refractivity (Wildman–Crippen MR) is 107 cm³/mol. The van der Waals surface area contributed by atoms with Crippen LogP contribution >= 0.6 is 11.8 Å². The van der Waals surface area contributed by atoms with Crippen molar-refractivity contribution in [2.75, 3.05) is 11.5 Å². The van der Waals surface area contributed by atoms with Crippen molar-refractivity contribution >= 4 is 35.6 Å². The predicted octanol–water partition coefficient (Wildman–Crippen LogP) is 2.80. The lowest BCUT2D eigenvalue weighted by atomic mass is 9.96. The van der Waals surface area contributed by atoms with Crippen LogP contribution < -0.4 is 5.32 Å². The second kappa shape index (κ2) is 10.1. The van der Waals surface area contributed by atoms with Crippen molar-refractivity contribution in [3.63, 3.8) is 0 Å². The molecule has 0 radical (unpaired) electrons. The van der Waals surface area contributed by atoms with Crippen molar-refractivity contribution in [1.82, 2.24) is 10.2 Å². The van der Waals surface area contributed by atoms with Crippen LogP contribution in [0.3, 0.4) is 0 Å². The third-order valence-electron chi connectivity index (χ3n) is 4.47. The summed E-state index contributed by atoms with van der Waals surface area (Å²) >= 11 is 1.44. The van der Waals surface area contributed by atoms with E-state index in [-0.39, 0.29) is 30.6 Å². The molecule has 1 heterocycles. The molecule has 1 aliphatic rings. The van der Waals surface area contributed by atoms with Crippen molar-refractivity contribution in [1.29, 1.82) is 0 Å². The second-order valence-corrected chi connectivity index (χ2v) is 9.28. The zero-order valence-corrected chi connectivity index (χ0v) is 18.2. The molecular weight excluding hydrogens is 384 g/mol. The number of carbonyl (C=O) groups is 4. The van der Waals surface area contributed by atoms with Crippen molar-refractivity contribution in [2.45, 2.75) is 83.9 Å². The number of hydrogen-bond acceptors (Lipinski definition) is 6. The van der Waals surface area contributed by atoms with E-state index in [1.54, 1.807) is 0 Å². The molecule has 1 aliphatic heterocycles. The van der Waals surface area contributed by atoms with Gasteiger partial charge in [-0.05, 0) is 52.7 Å². The van der Waals surface area contributed by atoms with Crippen LogP contribution in [0.5, 0.6) is 0 Å². The molecule has 0 saturated carbocycles. The Morgan fingerprint density at radius 3 is 2.50 bits per heavy atom. The molecule has 1 fully saturated rings. The van der Waals surface area contributed by atoms with Crippen molar-refractivity contribution in [3.05, 3.63) is 0 Å². The van der Waals surface area contributed by atoms with Gasteiger partial charge in [0.1, 0.15) is 11.1 Å². The van der Waals surface area contributed by atoms with Crippen LogP contribution in [0.15, 0.2) is 0 Å². The zero-order chi connectivity index (χ0) is 21.5. The zero-order valence-electron chi connectivity index (χ0n) is 17.4. The number of rotatable bonds is 9. The molecule has 28 heavy (non-hydrogen) atoms. The van der Waals surface area contributed by atoms with Gasteiger partial charge in [0.2, 0.25) is 11.8 Å². The Morgan fingerprint density at radius 2 is 1.96 bits per heavy atom. The molecule has 2 N–H and O–H groups in total. The lowest BCUT2D eigenvalue weighted by molar-refractivity contribution is -0.151. The van der Waals surface area contributed by atoms with E-state index in [1.807, 2.05) is 27.7 Å². The number of likely N-dealkylation sites (tertiary alicyclic amines) is 1. The van der Waals surface area contributed by atoms with Crippen LogP contribution in [0.25, 0.3) is 0 Å². The Bertz CT molecular complexity index is 604. The molecular formula is C19H32N2O6S. The number of carboxylic acid groups (broad SMARTS) is 1. The molecule has 0 bridgehead atoms. The highest BCUT2D eigenvalue weighted by Gasteiger charge is 2.51. The largest absolute Gasteiger partial charge is 0.465 e. The number of esters is 1. The molecule has 0 aromatic carbocycles. The minimum absolute atomic E-state index is 0.0421. The van der Waals surface area contributed by atoms with Crippen LogP contribution in [-0.4, -0.2) is 62.6 Å². The van der Waals surface area contributed by atoms with Gasteiger partial charge >= 0.3 is 12.1 Å². The Hall–Kier alpha value is -1.77. The number of thioether (sulfide) groups is 1. The fourth-order valence-corrected chi connectivity index (χ4v) is 3.93. The van der Waals surface area contributed by atoms with Crippen LogP contribution in [0, 0.1) is 0 Å². The number of amides is 3. The minimum atomic E-state index is -1.40. The van der Waals surface area contributed by atoms with E-state index in [2.05, 4.69) is 5.32 Å². The van der Waals surface area contributed by atoms with Crippen LogP contribution in [0.2, 0.25) is 0 Å². The van der Waals surface area contributed by atoms with Gasteiger partial charge in [0.05, 0.1) is 5.75 Å². The fourth-order valence-electron chi connectivity index (χ4n) is 3.11. The Balaban J connectivity index is 2.58. The molecule has 9 heteroatoms. The van der Waals surface area contributed by atoms with Gasteiger partial charge in [-0.25, -0.2) is 9.69 Å². The van der Waals surface area contributed by atoms with E-state index in [0.29, 0.717) is 17.1 Å². The maximum atomic E-state index is 12.8. The number of ether oxygens (including phenoxy) is 1. The molecule has 1 rings (SSSR count). The third kappa shape index (κ3) is 7.00. The normalized spacial score (nSPS) is 20.8. The molecule has 0 aliphatic carbocycles. The van der Waals surface area contributed by atoms with Crippen LogP contribution in [-0.2, 0) is 19.1 Å². The molecule has 3 amide bonds. The van der Waals surface area contributed by atoms with E-state index < -0.39 is 29.0 Å². The lowest BCUT2D eigenvalue weighted by Crippen LogP contribution is -2.58. The second-order valence-electron chi connectivity index (χ2n) is 8.17. The van der Waals surface area contributed by atoms with E-state index in [9.17, 15) is 24.3 Å². The first kappa shape index (κ1) is 24.3. The van der Waals surface area contributed by atoms with Crippen LogP contribution in [0.1, 0.15) is 66.7 Å². The smallest absolute Gasteiger partial charge is 0.415 e. The van der Waals surface area contributed by atoms with E-state index in [0.717, 1.165) is 12.8 Å². The monoisotopic (exact) mass is 416 g/mol. The highest BCUT2D eigenvalue weighted by atomic mass is 32.2. The molecule has 0 spiro atoms. The Labute approximate surface area is 170 Å². The lowest BCUT2D eigenvalue weighted by Gasteiger charge is -2.32. The average molecular weight is 417 g/mol. The first-order valence-corrected chi connectivity index (χ1v) is 10.7. The summed E-state index contributed by atoms with van der Waals surface area (Å²) in [6, 6.07) is -0.146. The number of nitrogens with zero attached hydrogens (tertiary/aromatic N) is 1. The molecule has 0 aromatic rings. The average Bonchev–Trinajstić information content (AvgIpc) is 2.86. The quantitative estimate of drug-likeness (QED) is 0.439. The maximum Gasteiger partial charge on any atom is 0.415 e. The van der Waals surface area contributed by atoms with Gasteiger partial charge in [-0.1, -0.05) is 13.3 Å². The van der Waals surface area contributed by atoms with Gasteiger partial charge < -0.3 is 15.2 Å². The molecule has 1 saturated heterocycles. The summed E-state index contributed by atoms with van der Waals surface area (Å²) in [6.07, 6.45) is 1.04. The SMILES string of the molecule is CCCC(CCSCC(=O)OC(C)(C)C)NC(=O)C1(C)CCC(=O)N1C(=O)O. The highest BCUT2D eigenvalue weighted by Crippen LogP contribution is 2.30. The Kier molecular flexibility index (Phi) is 8.78. The maximum absolute atomic E-state index is 12.8. The van der Waals surface area contributed by atoms with Gasteiger partial charge in [-0.2, -0.15) is 11.8 Å². The first-order chi connectivity index (χ1) is 12.9. The van der Waals surface area contributed by atoms with E-state index >= 15 is 0 Å². The molecule has 160 valence electrons. The summed E-state index contributed by atoms with van der Waals surface area (Å²) in [5, 5.41) is 12.2. The molecule has 2 unspecified atom stereocenters. The molecule has 8 nitrogen and oxygen atoms in total.